The predicted molar refractivity (Wildman–Crippen MR) is 111 cm³/mol. The van der Waals surface area contributed by atoms with Crippen LogP contribution in [0.2, 0.25) is 5.02 Å². The Morgan fingerprint density at radius 2 is 1.86 bits per heavy atom. The third-order valence-electron chi connectivity index (χ3n) is 5.32. The normalized spacial score (nSPS) is 18.3. The molecule has 3 rings (SSSR count). The molecule has 0 aromatic heterocycles. The topological polar surface area (TPSA) is 72.9 Å². The van der Waals surface area contributed by atoms with Gasteiger partial charge >= 0.3 is 5.97 Å². The molecule has 0 bridgehead atoms. The lowest BCUT2D eigenvalue weighted by Gasteiger charge is -2.30. The smallest absolute Gasteiger partial charge is 0.333 e. The summed E-state index contributed by atoms with van der Waals surface area (Å²) in [5.74, 6) is -0.0793. The standard InChI is InChI=1S/C21H26ClNO5S/c1-27-21(24)18-4-2-16(3-5-18)14-23(15-17-10-12-28-13-11-17)29(25,26)20-8-6-19(22)7-9-20/h2,4,6-9,17H,3,5,10-15H2,1H3. The van der Waals surface area contributed by atoms with Gasteiger partial charge in [0.15, 0.2) is 0 Å². The predicted octanol–water partition coefficient (Wildman–Crippen LogP) is 3.58. The van der Waals surface area contributed by atoms with Crippen molar-refractivity contribution in [3.8, 4) is 0 Å². The Balaban J connectivity index is 1.83. The van der Waals surface area contributed by atoms with Gasteiger partial charge in [-0.2, -0.15) is 4.31 Å². The van der Waals surface area contributed by atoms with Gasteiger partial charge < -0.3 is 9.47 Å². The molecule has 1 heterocycles. The molecule has 0 atom stereocenters. The van der Waals surface area contributed by atoms with Crippen molar-refractivity contribution in [1.82, 2.24) is 4.31 Å². The van der Waals surface area contributed by atoms with Crippen molar-refractivity contribution in [2.24, 2.45) is 5.92 Å². The number of rotatable bonds is 7. The lowest BCUT2D eigenvalue weighted by atomic mass is 9.97. The van der Waals surface area contributed by atoms with Crippen LogP contribution in [0.3, 0.4) is 0 Å². The number of carbonyl (C=O) groups is 1. The lowest BCUT2D eigenvalue weighted by molar-refractivity contribution is -0.136. The fourth-order valence-electron chi connectivity index (χ4n) is 3.56. The van der Waals surface area contributed by atoms with Crippen LogP contribution in [0.25, 0.3) is 0 Å². The van der Waals surface area contributed by atoms with Crippen LogP contribution in [0.4, 0.5) is 0 Å². The molecule has 0 spiro atoms. The molecule has 29 heavy (non-hydrogen) atoms. The highest BCUT2D eigenvalue weighted by Crippen LogP contribution is 2.26. The number of carbonyl (C=O) groups excluding carboxylic acids is 1. The Hall–Kier alpha value is -1.67. The Labute approximate surface area is 177 Å². The highest BCUT2D eigenvalue weighted by Gasteiger charge is 2.29. The van der Waals surface area contributed by atoms with E-state index >= 15 is 0 Å². The number of esters is 1. The lowest BCUT2D eigenvalue weighted by Crippen LogP contribution is -2.38. The van der Waals surface area contributed by atoms with Crippen molar-refractivity contribution in [3.05, 3.63) is 52.6 Å². The number of halogens is 1. The van der Waals surface area contributed by atoms with Crippen molar-refractivity contribution >= 4 is 27.6 Å². The van der Waals surface area contributed by atoms with Crippen molar-refractivity contribution in [3.63, 3.8) is 0 Å². The monoisotopic (exact) mass is 439 g/mol. The average Bonchev–Trinajstić information content (AvgIpc) is 2.74. The summed E-state index contributed by atoms with van der Waals surface area (Å²) in [6.07, 6.45) is 6.43. The number of nitrogens with zero attached hydrogens (tertiary/aromatic N) is 1. The van der Waals surface area contributed by atoms with E-state index in [-0.39, 0.29) is 16.8 Å². The van der Waals surface area contributed by atoms with E-state index in [1.54, 1.807) is 34.6 Å². The molecular weight excluding hydrogens is 414 g/mol. The van der Waals surface area contributed by atoms with Gasteiger partial charge in [0.25, 0.3) is 0 Å². The summed E-state index contributed by atoms with van der Waals surface area (Å²) < 4.78 is 38.4. The highest BCUT2D eigenvalue weighted by molar-refractivity contribution is 7.89. The van der Waals surface area contributed by atoms with Crippen molar-refractivity contribution < 1.29 is 22.7 Å². The molecule has 1 aliphatic heterocycles. The molecular formula is C21H26ClNO5S. The molecule has 1 aromatic rings. The quantitative estimate of drug-likeness (QED) is 0.607. The van der Waals surface area contributed by atoms with Gasteiger partial charge in [0.05, 0.1) is 12.0 Å². The second-order valence-electron chi connectivity index (χ2n) is 7.32. The summed E-state index contributed by atoms with van der Waals surface area (Å²) in [6.45, 7) is 2.06. The largest absolute Gasteiger partial charge is 0.466 e. The van der Waals surface area contributed by atoms with Crippen LogP contribution in [-0.4, -0.2) is 52.1 Å². The summed E-state index contributed by atoms with van der Waals surface area (Å²) in [4.78, 5) is 11.9. The third kappa shape index (κ3) is 5.69. The Morgan fingerprint density at radius 3 is 2.45 bits per heavy atom. The van der Waals surface area contributed by atoms with E-state index in [0.717, 1.165) is 18.4 Å². The number of hydrogen-bond acceptors (Lipinski definition) is 5. The molecule has 1 fully saturated rings. The Bertz CT molecular complexity index is 886. The zero-order chi connectivity index (χ0) is 20.9. The van der Waals surface area contributed by atoms with Crippen LogP contribution in [0.1, 0.15) is 25.7 Å². The van der Waals surface area contributed by atoms with E-state index in [4.69, 9.17) is 21.1 Å². The zero-order valence-corrected chi connectivity index (χ0v) is 18.0. The maximum atomic E-state index is 13.3. The maximum absolute atomic E-state index is 13.3. The highest BCUT2D eigenvalue weighted by atomic mass is 35.5. The van der Waals surface area contributed by atoms with Crippen molar-refractivity contribution in [2.75, 3.05) is 33.4 Å². The van der Waals surface area contributed by atoms with Gasteiger partial charge in [-0.15, -0.1) is 0 Å². The zero-order valence-electron chi connectivity index (χ0n) is 16.5. The fraction of sp³-hybridized carbons (Fsp3) is 0.476. The number of ether oxygens (including phenoxy) is 2. The third-order valence-corrected chi connectivity index (χ3v) is 7.39. The number of methoxy groups -OCH3 is 1. The Morgan fingerprint density at radius 1 is 1.17 bits per heavy atom. The van der Waals surface area contributed by atoms with Crippen LogP contribution in [0.5, 0.6) is 0 Å². The van der Waals surface area contributed by atoms with Gasteiger partial charge in [-0.25, -0.2) is 13.2 Å². The van der Waals surface area contributed by atoms with Crippen molar-refractivity contribution in [2.45, 2.75) is 30.6 Å². The maximum Gasteiger partial charge on any atom is 0.333 e. The molecule has 1 saturated heterocycles. The number of benzene rings is 1. The fourth-order valence-corrected chi connectivity index (χ4v) is 5.21. The summed E-state index contributed by atoms with van der Waals surface area (Å²) in [5, 5.41) is 0.496. The van der Waals surface area contributed by atoms with E-state index in [1.165, 1.54) is 7.11 Å². The van der Waals surface area contributed by atoms with Crippen LogP contribution in [0, 0.1) is 5.92 Å². The summed E-state index contributed by atoms with van der Waals surface area (Å²) in [5.41, 5.74) is 1.58. The first-order chi connectivity index (χ1) is 13.9. The van der Waals surface area contributed by atoms with E-state index in [2.05, 4.69) is 0 Å². The summed E-state index contributed by atoms with van der Waals surface area (Å²) in [7, 11) is -2.31. The summed E-state index contributed by atoms with van der Waals surface area (Å²) >= 11 is 5.93. The minimum atomic E-state index is -3.67. The van der Waals surface area contributed by atoms with E-state index in [9.17, 15) is 13.2 Å². The Kier molecular flexibility index (Phi) is 7.51. The second kappa shape index (κ2) is 9.89. The molecule has 0 radical (unpaired) electrons. The minimum Gasteiger partial charge on any atom is -0.466 e. The first-order valence-corrected chi connectivity index (χ1v) is 11.5. The van der Waals surface area contributed by atoms with Gasteiger partial charge in [0.2, 0.25) is 10.0 Å². The van der Waals surface area contributed by atoms with Crippen molar-refractivity contribution in [1.29, 1.82) is 0 Å². The summed E-state index contributed by atoms with van der Waals surface area (Å²) in [6, 6.07) is 6.26. The molecule has 1 aliphatic carbocycles. The molecule has 0 N–H and O–H groups in total. The average molecular weight is 440 g/mol. The molecule has 6 nitrogen and oxygen atoms in total. The van der Waals surface area contributed by atoms with Gasteiger partial charge in [0, 0.05) is 36.9 Å². The van der Waals surface area contributed by atoms with Crippen LogP contribution in [-0.2, 0) is 24.3 Å². The number of sulfonamides is 1. The van der Waals surface area contributed by atoms with Gasteiger partial charge in [-0.3, -0.25) is 0 Å². The number of allylic oxidation sites excluding steroid dienone is 2. The van der Waals surface area contributed by atoms with Gasteiger partial charge in [0.1, 0.15) is 0 Å². The van der Waals surface area contributed by atoms with Crippen LogP contribution >= 0.6 is 11.6 Å². The van der Waals surface area contributed by atoms with E-state index in [1.807, 2.05) is 6.08 Å². The van der Waals surface area contributed by atoms with Gasteiger partial charge in [-0.05, 0) is 55.9 Å². The van der Waals surface area contributed by atoms with Crippen LogP contribution in [0.15, 0.2) is 52.5 Å². The van der Waals surface area contributed by atoms with Gasteiger partial charge in [-0.1, -0.05) is 29.3 Å². The molecule has 158 valence electrons. The SMILES string of the molecule is COC(=O)C1=CC=C(CN(CC2CCOCC2)S(=O)(=O)c2ccc(Cl)cc2)CC1. The molecule has 1 aromatic carbocycles. The number of hydrogen-bond donors (Lipinski definition) is 0. The minimum absolute atomic E-state index is 0.233. The van der Waals surface area contributed by atoms with E-state index in [0.29, 0.717) is 49.7 Å². The van der Waals surface area contributed by atoms with E-state index < -0.39 is 10.0 Å². The molecule has 8 heteroatoms. The molecule has 2 aliphatic rings. The molecule has 0 amide bonds. The van der Waals surface area contributed by atoms with Crippen LogP contribution < -0.4 is 0 Å². The second-order valence-corrected chi connectivity index (χ2v) is 9.69. The first kappa shape index (κ1) is 22.0. The molecule has 0 unspecified atom stereocenters. The molecule has 0 saturated carbocycles. The first-order valence-electron chi connectivity index (χ1n) is 9.70.